The third kappa shape index (κ3) is 5.09. The molecule has 172 valence electrons. The standard InChI is InChI=1S/C24H24N2O5S2/c1-17(22-9-5-15-32-22)25-23(27)16-31-24(28)19-10-12-20(13-11-19)33(29,30)26-14-4-7-18-6-2-3-8-21(18)26/h2-3,5-6,8-13,15,17H,4,7,14,16H2,1H3,(H,25,27). The number of hydrogen-bond acceptors (Lipinski definition) is 6. The fraction of sp³-hybridized carbons (Fsp3) is 0.250. The van der Waals surface area contributed by atoms with Gasteiger partial charge in [0.2, 0.25) is 0 Å². The predicted octanol–water partition coefficient (Wildman–Crippen LogP) is 3.92. The fourth-order valence-electron chi connectivity index (χ4n) is 3.75. The van der Waals surface area contributed by atoms with Gasteiger partial charge in [-0.15, -0.1) is 11.3 Å². The number of sulfonamides is 1. The van der Waals surface area contributed by atoms with Crippen LogP contribution < -0.4 is 9.62 Å². The van der Waals surface area contributed by atoms with Crippen molar-refractivity contribution in [3.63, 3.8) is 0 Å². The Balaban J connectivity index is 1.39. The molecule has 4 rings (SSSR count). The molecule has 1 unspecified atom stereocenters. The number of carbonyl (C=O) groups excluding carboxylic acids is 2. The van der Waals surface area contributed by atoms with Crippen LogP contribution >= 0.6 is 11.3 Å². The highest BCUT2D eigenvalue weighted by Gasteiger charge is 2.29. The van der Waals surface area contributed by atoms with E-state index in [1.165, 1.54) is 39.9 Å². The average Bonchev–Trinajstić information content (AvgIpc) is 3.37. The first-order chi connectivity index (χ1) is 15.9. The molecule has 1 amide bonds. The van der Waals surface area contributed by atoms with Crippen molar-refractivity contribution in [2.75, 3.05) is 17.5 Å². The SMILES string of the molecule is CC(NC(=O)COC(=O)c1ccc(S(=O)(=O)N2CCCc3ccccc32)cc1)c1cccs1. The van der Waals surface area contributed by atoms with E-state index in [-0.39, 0.29) is 16.5 Å². The van der Waals surface area contributed by atoms with Crippen molar-refractivity contribution in [2.24, 2.45) is 0 Å². The highest BCUT2D eigenvalue weighted by molar-refractivity contribution is 7.92. The van der Waals surface area contributed by atoms with Gasteiger partial charge in [0.05, 0.1) is 22.2 Å². The second kappa shape index (κ2) is 9.76. The van der Waals surface area contributed by atoms with Gasteiger partial charge in [0.1, 0.15) is 0 Å². The lowest BCUT2D eigenvalue weighted by Crippen LogP contribution is -2.35. The van der Waals surface area contributed by atoms with E-state index in [9.17, 15) is 18.0 Å². The van der Waals surface area contributed by atoms with Crippen molar-refractivity contribution < 1.29 is 22.7 Å². The van der Waals surface area contributed by atoms with E-state index >= 15 is 0 Å². The van der Waals surface area contributed by atoms with E-state index < -0.39 is 28.5 Å². The molecule has 3 aromatic rings. The second-order valence-corrected chi connectivity index (χ2v) is 10.6. The van der Waals surface area contributed by atoms with Gasteiger partial charge >= 0.3 is 5.97 Å². The Bertz CT molecular complexity index is 1240. The first kappa shape index (κ1) is 23.0. The average molecular weight is 485 g/mol. The molecule has 0 saturated carbocycles. The first-order valence-electron chi connectivity index (χ1n) is 10.6. The summed E-state index contributed by atoms with van der Waals surface area (Å²) >= 11 is 1.53. The lowest BCUT2D eigenvalue weighted by Gasteiger charge is -2.30. The summed E-state index contributed by atoms with van der Waals surface area (Å²) in [6.45, 7) is 1.84. The van der Waals surface area contributed by atoms with Crippen LogP contribution in [0, 0.1) is 0 Å². The van der Waals surface area contributed by atoms with E-state index in [4.69, 9.17) is 4.74 Å². The number of esters is 1. The van der Waals surface area contributed by atoms with Gasteiger partial charge in [0, 0.05) is 11.4 Å². The van der Waals surface area contributed by atoms with Crippen molar-refractivity contribution in [3.05, 3.63) is 82.0 Å². The van der Waals surface area contributed by atoms with Gasteiger partial charge in [0.25, 0.3) is 15.9 Å². The summed E-state index contributed by atoms with van der Waals surface area (Å²) < 4.78 is 32.9. The number of carbonyl (C=O) groups is 2. The topological polar surface area (TPSA) is 92.8 Å². The van der Waals surface area contributed by atoms with Gasteiger partial charge in [-0.3, -0.25) is 9.10 Å². The van der Waals surface area contributed by atoms with E-state index in [1.807, 2.05) is 48.7 Å². The number of thiophene rings is 1. The smallest absolute Gasteiger partial charge is 0.338 e. The molecular weight excluding hydrogens is 460 g/mol. The van der Waals surface area contributed by atoms with Crippen LogP contribution in [0.3, 0.4) is 0 Å². The molecule has 33 heavy (non-hydrogen) atoms. The number of nitrogens with zero attached hydrogens (tertiary/aromatic N) is 1. The van der Waals surface area contributed by atoms with Crippen LogP contribution in [0.5, 0.6) is 0 Å². The molecule has 2 heterocycles. The minimum absolute atomic E-state index is 0.0956. The zero-order chi connectivity index (χ0) is 23.4. The van der Waals surface area contributed by atoms with Crippen LogP contribution in [-0.4, -0.2) is 33.4 Å². The number of rotatable bonds is 7. The summed E-state index contributed by atoms with van der Waals surface area (Å²) in [5.74, 6) is -1.10. The molecule has 2 aromatic carbocycles. The molecule has 7 nitrogen and oxygen atoms in total. The normalized spacial score (nSPS) is 14.3. The van der Waals surface area contributed by atoms with E-state index in [2.05, 4.69) is 5.32 Å². The molecule has 1 N–H and O–H groups in total. The second-order valence-electron chi connectivity index (χ2n) is 7.71. The van der Waals surface area contributed by atoms with Gasteiger partial charge in [-0.25, -0.2) is 13.2 Å². The van der Waals surface area contributed by atoms with Crippen LogP contribution in [0.1, 0.15) is 40.2 Å². The molecule has 1 aliphatic heterocycles. The lowest BCUT2D eigenvalue weighted by molar-refractivity contribution is -0.124. The maximum absolute atomic E-state index is 13.2. The Kier molecular flexibility index (Phi) is 6.80. The van der Waals surface area contributed by atoms with Crippen molar-refractivity contribution in [1.29, 1.82) is 0 Å². The summed E-state index contributed by atoms with van der Waals surface area (Å²) in [5, 5.41) is 4.69. The Labute approximate surface area is 197 Å². The minimum Gasteiger partial charge on any atom is -0.452 e. The van der Waals surface area contributed by atoms with E-state index in [1.54, 1.807) is 0 Å². The zero-order valence-electron chi connectivity index (χ0n) is 18.1. The molecule has 0 bridgehead atoms. The molecule has 1 aromatic heterocycles. The zero-order valence-corrected chi connectivity index (χ0v) is 19.7. The van der Waals surface area contributed by atoms with Crippen LogP contribution in [0.2, 0.25) is 0 Å². The van der Waals surface area contributed by atoms with Crippen molar-refractivity contribution >= 4 is 38.9 Å². The summed E-state index contributed by atoms with van der Waals surface area (Å²) in [4.78, 5) is 25.5. The third-order valence-corrected chi connectivity index (χ3v) is 8.31. The Morgan fingerprint density at radius 3 is 2.58 bits per heavy atom. The molecule has 1 aliphatic rings. The van der Waals surface area contributed by atoms with Crippen molar-refractivity contribution in [1.82, 2.24) is 5.32 Å². The van der Waals surface area contributed by atoms with Crippen LogP contribution in [-0.2, 0) is 26.0 Å². The maximum Gasteiger partial charge on any atom is 0.338 e. The summed E-state index contributed by atoms with van der Waals surface area (Å²) in [6.07, 6.45) is 1.58. The van der Waals surface area contributed by atoms with Gasteiger partial charge in [0.15, 0.2) is 6.61 Å². The van der Waals surface area contributed by atoms with Crippen molar-refractivity contribution in [3.8, 4) is 0 Å². The third-order valence-electron chi connectivity index (χ3n) is 5.43. The largest absolute Gasteiger partial charge is 0.452 e. The summed E-state index contributed by atoms with van der Waals surface area (Å²) in [7, 11) is -3.76. The Hall–Kier alpha value is -3.17. The molecule has 0 saturated heterocycles. The molecular formula is C24H24N2O5S2. The molecule has 0 spiro atoms. The minimum atomic E-state index is -3.76. The number of amides is 1. The number of anilines is 1. The number of ether oxygens (including phenoxy) is 1. The van der Waals surface area contributed by atoms with Crippen LogP contribution in [0.25, 0.3) is 0 Å². The van der Waals surface area contributed by atoms with Crippen molar-refractivity contribution in [2.45, 2.75) is 30.7 Å². The molecule has 0 fully saturated rings. The van der Waals surface area contributed by atoms with Gasteiger partial charge in [-0.2, -0.15) is 0 Å². The number of nitrogens with one attached hydrogen (secondary N) is 1. The summed E-state index contributed by atoms with van der Waals surface area (Å²) in [5.41, 5.74) is 1.86. The predicted molar refractivity (Wildman–Crippen MR) is 127 cm³/mol. The molecule has 0 aliphatic carbocycles. The van der Waals surface area contributed by atoms with Gasteiger partial charge < -0.3 is 10.1 Å². The molecule has 9 heteroatoms. The first-order valence-corrected chi connectivity index (χ1v) is 12.9. The number of aryl methyl sites for hydroxylation is 1. The lowest BCUT2D eigenvalue weighted by atomic mass is 10.0. The number of para-hydroxylation sites is 1. The monoisotopic (exact) mass is 484 g/mol. The number of fused-ring (bicyclic) bond motifs is 1. The Morgan fingerprint density at radius 1 is 1.09 bits per heavy atom. The number of benzene rings is 2. The van der Waals surface area contributed by atoms with Crippen LogP contribution in [0.4, 0.5) is 5.69 Å². The molecule has 0 radical (unpaired) electrons. The molecule has 1 atom stereocenters. The Morgan fingerprint density at radius 2 is 1.85 bits per heavy atom. The summed E-state index contributed by atoms with van der Waals surface area (Å²) in [6, 6.07) is 16.7. The van der Waals surface area contributed by atoms with E-state index in [0.29, 0.717) is 12.2 Å². The van der Waals surface area contributed by atoms with E-state index in [0.717, 1.165) is 23.3 Å². The van der Waals surface area contributed by atoms with Gasteiger partial charge in [-0.1, -0.05) is 24.3 Å². The quantitative estimate of drug-likeness (QED) is 0.513. The fourth-order valence-corrected chi connectivity index (χ4v) is 6.02. The highest BCUT2D eigenvalue weighted by Crippen LogP contribution is 2.31. The van der Waals surface area contributed by atoms with Gasteiger partial charge in [-0.05, 0) is 67.1 Å². The number of hydrogen-bond donors (Lipinski definition) is 1. The highest BCUT2D eigenvalue weighted by atomic mass is 32.2. The maximum atomic E-state index is 13.2. The van der Waals surface area contributed by atoms with Crippen LogP contribution in [0.15, 0.2) is 70.9 Å².